The van der Waals surface area contributed by atoms with Crippen LogP contribution in [0.25, 0.3) is 6.08 Å². The van der Waals surface area contributed by atoms with Crippen LogP contribution >= 0.6 is 0 Å². The Balaban J connectivity index is 1.35. The lowest BCUT2D eigenvalue weighted by Crippen LogP contribution is -1.95. The second-order valence-corrected chi connectivity index (χ2v) is 9.06. The molecule has 34 heavy (non-hydrogen) atoms. The number of ether oxygens (including phenoxy) is 1. The van der Waals surface area contributed by atoms with Crippen molar-refractivity contribution in [1.29, 1.82) is 0 Å². The Morgan fingerprint density at radius 1 is 0.853 bits per heavy atom. The molecule has 0 spiro atoms. The molecule has 0 aliphatic carbocycles. The Morgan fingerprint density at radius 2 is 1.65 bits per heavy atom. The molecule has 4 rings (SSSR count). The van der Waals surface area contributed by atoms with Gasteiger partial charge < -0.3 is 14.7 Å². The Bertz CT molecular complexity index is 1090. The van der Waals surface area contributed by atoms with Gasteiger partial charge in [-0.1, -0.05) is 82.2 Å². The third-order valence-electron chi connectivity index (χ3n) is 6.23. The van der Waals surface area contributed by atoms with E-state index in [4.69, 9.17) is 9.73 Å². The standard InChI is InChI=1S/C30H37N3O/c1-2-3-4-5-6-7-8-12-16-25-18-19-26(32-25)21-29-30(34-23-24-14-10-9-11-15-24)22-28(33-29)27-17-13-20-31-27/h9-11,13-15,17-22,31-32H,2-8,12,16,23H2,1H3/b29-21-. The molecule has 0 fully saturated rings. The van der Waals surface area contributed by atoms with E-state index >= 15 is 0 Å². The van der Waals surface area contributed by atoms with Crippen LogP contribution in [0.15, 0.2) is 83.3 Å². The van der Waals surface area contributed by atoms with Gasteiger partial charge in [-0.25, -0.2) is 4.99 Å². The number of rotatable bonds is 14. The first-order valence-corrected chi connectivity index (χ1v) is 12.8. The zero-order valence-electron chi connectivity index (χ0n) is 20.4. The number of aryl methyl sites for hydroxylation is 1. The van der Waals surface area contributed by atoms with Gasteiger partial charge in [0.15, 0.2) is 0 Å². The van der Waals surface area contributed by atoms with Crippen LogP contribution in [0, 0.1) is 0 Å². The van der Waals surface area contributed by atoms with Gasteiger partial charge in [0.05, 0.1) is 11.4 Å². The van der Waals surface area contributed by atoms with Crippen molar-refractivity contribution in [3.63, 3.8) is 0 Å². The first kappa shape index (κ1) is 23.9. The first-order valence-electron chi connectivity index (χ1n) is 12.8. The van der Waals surface area contributed by atoms with E-state index in [2.05, 4.69) is 47.2 Å². The van der Waals surface area contributed by atoms with E-state index in [9.17, 15) is 0 Å². The molecule has 0 amide bonds. The Kier molecular flexibility index (Phi) is 9.01. The van der Waals surface area contributed by atoms with Crippen LogP contribution in [0.5, 0.6) is 0 Å². The maximum absolute atomic E-state index is 6.19. The number of unbranched alkanes of at least 4 members (excludes halogenated alkanes) is 7. The summed E-state index contributed by atoms with van der Waals surface area (Å²) in [7, 11) is 0. The third-order valence-corrected chi connectivity index (χ3v) is 6.23. The fourth-order valence-electron chi connectivity index (χ4n) is 4.28. The highest BCUT2D eigenvalue weighted by Gasteiger charge is 2.18. The van der Waals surface area contributed by atoms with E-state index in [1.807, 2.05) is 42.6 Å². The number of benzene rings is 1. The van der Waals surface area contributed by atoms with Gasteiger partial charge in [0, 0.05) is 23.7 Å². The van der Waals surface area contributed by atoms with Gasteiger partial charge in [-0.3, -0.25) is 0 Å². The topological polar surface area (TPSA) is 53.2 Å². The fourth-order valence-corrected chi connectivity index (χ4v) is 4.28. The van der Waals surface area contributed by atoms with Crippen LogP contribution in [0.1, 0.15) is 80.9 Å². The predicted molar refractivity (Wildman–Crippen MR) is 142 cm³/mol. The van der Waals surface area contributed by atoms with Crippen molar-refractivity contribution in [1.82, 2.24) is 9.97 Å². The molecule has 0 saturated heterocycles. The molecular formula is C30H37N3O. The van der Waals surface area contributed by atoms with E-state index in [-0.39, 0.29) is 0 Å². The summed E-state index contributed by atoms with van der Waals surface area (Å²) in [4.78, 5) is 11.7. The van der Waals surface area contributed by atoms with Crippen LogP contribution < -0.4 is 0 Å². The molecular weight excluding hydrogens is 418 g/mol. The van der Waals surface area contributed by atoms with Crippen LogP contribution in [0.3, 0.4) is 0 Å². The summed E-state index contributed by atoms with van der Waals surface area (Å²) in [5.74, 6) is 0.799. The summed E-state index contributed by atoms with van der Waals surface area (Å²) in [6.07, 6.45) is 17.9. The van der Waals surface area contributed by atoms with E-state index in [0.717, 1.165) is 40.5 Å². The number of hydrogen-bond acceptors (Lipinski definition) is 2. The van der Waals surface area contributed by atoms with E-state index < -0.39 is 0 Å². The number of hydrogen-bond donors (Lipinski definition) is 2. The van der Waals surface area contributed by atoms with E-state index in [0.29, 0.717) is 6.61 Å². The van der Waals surface area contributed by atoms with E-state index in [1.54, 1.807) is 0 Å². The summed E-state index contributed by atoms with van der Waals surface area (Å²) >= 11 is 0. The normalized spacial score (nSPS) is 14.4. The molecule has 1 aliphatic rings. The number of aromatic amines is 2. The molecule has 1 aliphatic heterocycles. The minimum Gasteiger partial charge on any atom is -0.487 e. The number of aromatic nitrogens is 2. The van der Waals surface area contributed by atoms with Gasteiger partial charge in [0.1, 0.15) is 18.1 Å². The zero-order valence-corrected chi connectivity index (χ0v) is 20.4. The van der Waals surface area contributed by atoms with Gasteiger partial charge in [-0.05, 0) is 48.7 Å². The van der Waals surface area contributed by atoms with Crippen LogP contribution in [-0.2, 0) is 17.8 Å². The summed E-state index contributed by atoms with van der Waals surface area (Å²) < 4.78 is 6.19. The molecule has 0 radical (unpaired) electrons. The van der Waals surface area contributed by atoms with Crippen molar-refractivity contribution < 1.29 is 4.74 Å². The van der Waals surface area contributed by atoms with Gasteiger partial charge in [-0.2, -0.15) is 0 Å². The van der Waals surface area contributed by atoms with E-state index in [1.165, 1.54) is 57.1 Å². The maximum Gasteiger partial charge on any atom is 0.147 e. The first-order chi connectivity index (χ1) is 16.8. The number of nitrogens with one attached hydrogen (secondary N) is 2. The maximum atomic E-state index is 6.19. The summed E-state index contributed by atoms with van der Waals surface area (Å²) in [6, 6.07) is 18.6. The minimum absolute atomic E-state index is 0.520. The molecule has 178 valence electrons. The van der Waals surface area contributed by atoms with Crippen LogP contribution in [-0.4, -0.2) is 15.7 Å². The predicted octanol–water partition coefficient (Wildman–Crippen LogP) is 7.97. The highest BCUT2D eigenvalue weighted by Crippen LogP contribution is 2.26. The largest absolute Gasteiger partial charge is 0.487 e. The molecule has 2 N–H and O–H groups in total. The molecule has 0 bridgehead atoms. The summed E-state index contributed by atoms with van der Waals surface area (Å²) in [6.45, 7) is 2.79. The van der Waals surface area contributed by atoms with Gasteiger partial charge in [-0.15, -0.1) is 0 Å². The smallest absolute Gasteiger partial charge is 0.147 e. The van der Waals surface area contributed by atoms with Gasteiger partial charge in [0.25, 0.3) is 0 Å². The minimum atomic E-state index is 0.520. The summed E-state index contributed by atoms with van der Waals surface area (Å²) in [5.41, 5.74) is 6.23. The number of aliphatic imine (C=N–C) groups is 1. The number of nitrogens with zero attached hydrogens (tertiary/aromatic N) is 1. The zero-order chi connectivity index (χ0) is 23.4. The molecule has 3 aromatic rings. The van der Waals surface area contributed by atoms with Crippen molar-refractivity contribution >= 4 is 11.8 Å². The number of allylic oxidation sites excluding steroid dienone is 1. The molecule has 0 atom stereocenters. The monoisotopic (exact) mass is 455 g/mol. The molecule has 2 aromatic heterocycles. The Morgan fingerprint density at radius 3 is 2.41 bits per heavy atom. The van der Waals surface area contributed by atoms with Crippen molar-refractivity contribution in [2.75, 3.05) is 0 Å². The lowest BCUT2D eigenvalue weighted by atomic mass is 10.1. The molecule has 4 nitrogen and oxygen atoms in total. The third kappa shape index (κ3) is 7.11. The Hall–Kier alpha value is -3.27. The molecule has 1 aromatic carbocycles. The summed E-state index contributed by atoms with van der Waals surface area (Å²) in [5, 5.41) is 0. The van der Waals surface area contributed by atoms with Crippen molar-refractivity contribution in [3.05, 3.63) is 101 Å². The van der Waals surface area contributed by atoms with Gasteiger partial charge in [0.2, 0.25) is 0 Å². The lowest BCUT2D eigenvalue weighted by Gasteiger charge is -2.08. The Labute approximate surface area is 203 Å². The quantitative estimate of drug-likeness (QED) is 0.238. The van der Waals surface area contributed by atoms with Crippen molar-refractivity contribution in [2.45, 2.75) is 71.3 Å². The van der Waals surface area contributed by atoms with Gasteiger partial charge >= 0.3 is 0 Å². The molecule has 0 saturated carbocycles. The molecule has 0 unspecified atom stereocenters. The highest BCUT2D eigenvalue weighted by molar-refractivity contribution is 6.11. The molecule has 4 heteroatoms. The molecule has 3 heterocycles. The fraction of sp³-hybridized carbons (Fsp3) is 0.367. The second kappa shape index (κ2) is 12.8. The number of H-pyrrole nitrogens is 2. The average molecular weight is 456 g/mol. The van der Waals surface area contributed by atoms with Crippen LogP contribution in [0.2, 0.25) is 0 Å². The van der Waals surface area contributed by atoms with Crippen molar-refractivity contribution in [2.24, 2.45) is 4.99 Å². The van der Waals surface area contributed by atoms with Crippen LogP contribution in [0.4, 0.5) is 0 Å². The SMILES string of the molecule is CCCCCCCCCCc1ccc(/C=C2\N=C(c3ccc[nH]3)C=C2OCc2ccccc2)[nH]1. The lowest BCUT2D eigenvalue weighted by molar-refractivity contribution is 0.208. The average Bonchev–Trinajstić information content (AvgIpc) is 3.62. The second-order valence-electron chi connectivity index (χ2n) is 9.06. The highest BCUT2D eigenvalue weighted by atomic mass is 16.5. The van der Waals surface area contributed by atoms with Crippen molar-refractivity contribution in [3.8, 4) is 0 Å².